The minimum absolute atomic E-state index is 0.724. The molecule has 1 heteroatoms. The number of fused-ring (bicyclic) bond motifs is 1. The predicted octanol–water partition coefficient (Wildman–Crippen LogP) is 3.94. The average Bonchev–Trinajstić information content (AvgIpc) is 2.94. The molecule has 0 spiro atoms. The SMILES string of the molecule is CC1C2=CC=CCC2CC1[SiH](c1ccccc1)c1ccccc1. The molecule has 3 atom stereocenters. The molecule has 116 valence electrons. The first kappa shape index (κ1) is 14.7. The fourth-order valence-electron chi connectivity index (χ4n) is 4.66. The first-order valence-electron chi connectivity index (χ1n) is 8.81. The van der Waals surface area contributed by atoms with Gasteiger partial charge in [-0.1, -0.05) is 102 Å². The van der Waals surface area contributed by atoms with E-state index in [-0.39, 0.29) is 0 Å². The van der Waals surface area contributed by atoms with Gasteiger partial charge in [0.25, 0.3) is 0 Å². The lowest BCUT2D eigenvalue weighted by molar-refractivity contribution is 0.628. The van der Waals surface area contributed by atoms with Gasteiger partial charge in [0.15, 0.2) is 0 Å². The highest BCUT2D eigenvalue weighted by molar-refractivity contribution is 6.86. The zero-order valence-electron chi connectivity index (χ0n) is 13.7. The number of hydrogen-bond donors (Lipinski definition) is 0. The molecule has 0 aliphatic heterocycles. The summed E-state index contributed by atoms with van der Waals surface area (Å²) in [6, 6.07) is 22.6. The highest BCUT2D eigenvalue weighted by atomic mass is 28.3. The Kier molecular flexibility index (Phi) is 4.05. The standard InChI is InChI=1S/C22H24Si/c1-17-21-15-9-8-10-18(21)16-22(17)23(19-11-4-2-5-12-19)20-13-6-3-7-14-20/h2-9,11-15,17-18,22-23H,10,16H2,1H3. The van der Waals surface area contributed by atoms with Crippen LogP contribution in [0.2, 0.25) is 5.54 Å². The Bertz CT molecular complexity index is 675. The summed E-state index contributed by atoms with van der Waals surface area (Å²) >= 11 is 0. The summed E-state index contributed by atoms with van der Waals surface area (Å²) in [5, 5.41) is 3.20. The van der Waals surface area contributed by atoms with E-state index in [1.165, 1.54) is 12.8 Å². The van der Waals surface area contributed by atoms with Crippen LogP contribution < -0.4 is 10.4 Å². The van der Waals surface area contributed by atoms with Crippen molar-refractivity contribution >= 4 is 19.2 Å². The molecule has 23 heavy (non-hydrogen) atoms. The molecule has 4 rings (SSSR count). The summed E-state index contributed by atoms with van der Waals surface area (Å²) in [5.74, 6) is 1.52. The van der Waals surface area contributed by atoms with Crippen molar-refractivity contribution in [3.8, 4) is 0 Å². The maximum atomic E-state index is 2.47. The molecule has 0 aromatic heterocycles. The molecule has 2 aliphatic rings. The second-order valence-electron chi connectivity index (χ2n) is 7.01. The van der Waals surface area contributed by atoms with Gasteiger partial charge in [-0.15, -0.1) is 0 Å². The summed E-state index contributed by atoms with van der Waals surface area (Å²) in [5.41, 5.74) is 2.54. The molecule has 3 unspecified atom stereocenters. The fourth-order valence-corrected chi connectivity index (χ4v) is 8.71. The van der Waals surface area contributed by atoms with Gasteiger partial charge in [-0.05, 0) is 30.2 Å². The first-order chi connectivity index (χ1) is 11.3. The molecular formula is C22H24Si. The second kappa shape index (κ2) is 6.33. The maximum Gasteiger partial charge on any atom is 0.106 e. The molecule has 0 bridgehead atoms. The van der Waals surface area contributed by atoms with Crippen LogP contribution in [0.1, 0.15) is 19.8 Å². The van der Waals surface area contributed by atoms with Gasteiger partial charge in [0.2, 0.25) is 0 Å². The topological polar surface area (TPSA) is 0 Å². The number of hydrogen-bond acceptors (Lipinski definition) is 0. The van der Waals surface area contributed by atoms with Crippen molar-refractivity contribution in [3.63, 3.8) is 0 Å². The number of rotatable bonds is 3. The maximum absolute atomic E-state index is 2.47. The van der Waals surface area contributed by atoms with E-state index in [4.69, 9.17) is 0 Å². The van der Waals surface area contributed by atoms with Crippen molar-refractivity contribution in [1.82, 2.24) is 0 Å². The van der Waals surface area contributed by atoms with E-state index in [1.807, 2.05) is 0 Å². The first-order valence-corrected chi connectivity index (χ1v) is 10.6. The Balaban J connectivity index is 1.75. The van der Waals surface area contributed by atoms with Gasteiger partial charge in [0, 0.05) is 0 Å². The molecule has 0 radical (unpaired) electrons. The lowest BCUT2D eigenvalue weighted by atomic mass is 9.91. The van der Waals surface area contributed by atoms with E-state index in [0.717, 1.165) is 17.4 Å². The summed E-state index contributed by atoms with van der Waals surface area (Å²) < 4.78 is 0. The Morgan fingerprint density at radius 3 is 2.04 bits per heavy atom. The molecular weight excluding hydrogens is 292 g/mol. The molecule has 2 aliphatic carbocycles. The molecule has 0 amide bonds. The molecule has 0 saturated heterocycles. The van der Waals surface area contributed by atoms with E-state index in [0.29, 0.717) is 0 Å². The average molecular weight is 317 g/mol. The smallest absolute Gasteiger partial charge is 0.0839 e. The molecule has 2 aromatic carbocycles. The predicted molar refractivity (Wildman–Crippen MR) is 102 cm³/mol. The molecule has 1 fully saturated rings. The Hall–Kier alpha value is -1.86. The Labute approximate surface area is 141 Å². The normalized spacial score (nSPS) is 26.2. The Morgan fingerprint density at radius 2 is 1.48 bits per heavy atom. The lowest BCUT2D eigenvalue weighted by Crippen LogP contribution is -2.46. The summed E-state index contributed by atoms with van der Waals surface area (Å²) in [6.45, 7) is 2.47. The van der Waals surface area contributed by atoms with E-state index in [1.54, 1.807) is 15.9 Å². The van der Waals surface area contributed by atoms with Crippen molar-refractivity contribution < 1.29 is 0 Å². The Morgan fingerprint density at radius 1 is 0.870 bits per heavy atom. The van der Waals surface area contributed by atoms with Gasteiger partial charge in [-0.2, -0.15) is 0 Å². The largest absolute Gasteiger partial charge is 0.106 e. The number of allylic oxidation sites excluding steroid dienone is 4. The van der Waals surface area contributed by atoms with Crippen molar-refractivity contribution in [2.24, 2.45) is 11.8 Å². The van der Waals surface area contributed by atoms with Crippen LogP contribution in [-0.4, -0.2) is 8.80 Å². The van der Waals surface area contributed by atoms with Crippen LogP contribution in [0, 0.1) is 11.8 Å². The van der Waals surface area contributed by atoms with Gasteiger partial charge < -0.3 is 0 Å². The molecule has 0 nitrogen and oxygen atoms in total. The minimum atomic E-state index is -1.21. The number of benzene rings is 2. The van der Waals surface area contributed by atoms with Gasteiger partial charge in [-0.3, -0.25) is 0 Å². The van der Waals surface area contributed by atoms with Crippen LogP contribution >= 0.6 is 0 Å². The molecule has 0 heterocycles. The van der Waals surface area contributed by atoms with Crippen LogP contribution in [0.4, 0.5) is 0 Å². The van der Waals surface area contributed by atoms with Gasteiger partial charge >= 0.3 is 0 Å². The van der Waals surface area contributed by atoms with E-state index < -0.39 is 8.80 Å². The second-order valence-corrected chi connectivity index (χ2v) is 10.2. The van der Waals surface area contributed by atoms with Crippen molar-refractivity contribution in [3.05, 3.63) is 84.5 Å². The zero-order chi connectivity index (χ0) is 15.6. The minimum Gasteiger partial charge on any atom is -0.0839 e. The van der Waals surface area contributed by atoms with E-state index >= 15 is 0 Å². The quantitative estimate of drug-likeness (QED) is 0.753. The monoisotopic (exact) mass is 316 g/mol. The van der Waals surface area contributed by atoms with E-state index in [2.05, 4.69) is 85.8 Å². The third kappa shape index (κ3) is 2.74. The summed E-state index contributed by atoms with van der Waals surface area (Å²) in [4.78, 5) is 0. The molecule has 1 saturated carbocycles. The van der Waals surface area contributed by atoms with Crippen LogP contribution in [0.3, 0.4) is 0 Å². The molecule has 0 N–H and O–H groups in total. The highest BCUT2D eigenvalue weighted by Crippen LogP contribution is 2.48. The van der Waals surface area contributed by atoms with Crippen LogP contribution in [-0.2, 0) is 0 Å². The van der Waals surface area contributed by atoms with Gasteiger partial charge in [0.1, 0.15) is 8.80 Å². The van der Waals surface area contributed by atoms with Gasteiger partial charge in [-0.25, -0.2) is 0 Å². The van der Waals surface area contributed by atoms with E-state index in [9.17, 15) is 0 Å². The summed E-state index contributed by atoms with van der Waals surface area (Å²) in [7, 11) is -1.21. The highest BCUT2D eigenvalue weighted by Gasteiger charge is 2.41. The van der Waals surface area contributed by atoms with Crippen LogP contribution in [0.5, 0.6) is 0 Å². The third-order valence-electron chi connectivity index (χ3n) is 5.79. The lowest BCUT2D eigenvalue weighted by Gasteiger charge is -2.27. The zero-order valence-corrected chi connectivity index (χ0v) is 14.9. The van der Waals surface area contributed by atoms with Crippen molar-refractivity contribution in [2.75, 3.05) is 0 Å². The van der Waals surface area contributed by atoms with Crippen molar-refractivity contribution in [1.29, 1.82) is 0 Å². The summed E-state index contributed by atoms with van der Waals surface area (Å²) in [6.07, 6.45) is 9.65. The van der Waals surface area contributed by atoms with Crippen LogP contribution in [0.15, 0.2) is 84.5 Å². The van der Waals surface area contributed by atoms with Gasteiger partial charge in [0.05, 0.1) is 0 Å². The van der Waals surface area contributed by atoms with Crippen LogP contribution in [0.25, 0.3) is 0 Å². The fraction of sp³-hybridized carbons (Fsp3) is 0.273. The van der Waals surface area contributed by atoms with Crippen molar-refractivity contribution in [2.45, 2.75) is 25.3 Å². The molecule has 2 aromatic rings. The third-order valence-corrected chi connectivity index (χ3v) is 9.70.